The minimum Gasteiger partial charge on any atom is -0.384 e. The van der Waals surface area contributed by atoms with Crippen LogP contribution < -0.4 is 5.32 Å². The molecule has 18 heavy (non-hydrogen) atoms. The number of rotatable bonds is 1. The zero-order valence-electron chi connectivity index (χ0n) is 10.7. The van der Waals surface area contributed by atoms with Crippen LogP contribution in [0.1, 0.15) is 16.7 Å². The predicted molar refractivity (Wildman–Crippen MR) is 78.6 cm³/mol. The van der Waals surface area contributed by atoms with Gasteiger partial charge < -0.3 is 5.32 Å². The molecule has 2 heteroatoms. The van der Waals surface area contributed by atoms with Crippen LogP contribution in [0.3, 0.4) is 0 Å². The molecule has 0 saturated carbocycles. The second-order valence-corrected chi connectivity index (χ2v) is 5.33. The van der Waals surface area contributed by atoms with Crippen molar-refractivity contribution in [1.29, 1.82) is 0 Å². The Morgan fingerprint density at radius 1 is 1.06 bits per heavy atom. The van der Waals surface area contributed by atoms with Gasteiger partial charge in [0, 0.05) is 17.3 Å². The molecule has 0 spiro atoms. The minimum absolute atomic E-state index is 0.849. The first-order valence-electron chi connectivity index (χ1n) is 6.29. The number of hydrogen-bond acceptors (Lipinski definition) is 1. The van der Waals surface area contributed by atoms with Crippen molar-refractivity contribution < 1.29 is 0 Å². The van der Waals surface area contributed by atoms with Crippen molar-refractivity contribution in [2.75, 3.05) is 11.9 Å². The van der Waals surface area contributed by atoms with Crippen LogP contribution in [0.25, 0.3) is 11.1 Å². The maximum absolute atomic E-state index is 6.18. The Hall–Kier alpha value is -1.47. The Morgan fingerprint density at radius 3 is 2.72 bits per heavy atom. The van der Waals surface area contributed by atoms with E-state index in [1.54, 1.807) is 0 Å². The maximum atomic E-state index is 6.18. The van der Waals surface area contributed by atoms with E-state index in [1.807, 2.05) is 0 Å². The second-order valence-electron chi connectivity index (χ2n) is 4.92. The first kappa shape index (κ1) is 11.6. The Kier molecular flexibility index (Phi) is 2.79. The van der Waals surface area contributed by atoms with Crippen molar-refractivity contribution in [1.82, 2.24) is 0 Å². The summed E-state index contributed by atoms with van der Waals surface area (Å²) in [5.41, 5.74) is 7.74. The minimum atomic E-state index is 0.849. The summed E-state index contributed by atoms with van der Waals surface area (Å²) in [5.74, 6) is 0. The molecule has 0 fully saturated rings. The Labute approximate surface area is 113 Å². The smallest absolute Gasteiger partial charge is 0.0438 e. The van der Waals surface area contributed by atoms with E-state index in [0.717, 1.165) is 23.6 Å². The summed E-state index contributed by atoms with van der Waals surface area (Å²) >= 11 is 6.18. The lowest BCUT2D eigenvalue weighted by atomic mass is 9.93. The van der Waals surface area contributed by atoms with Gasteiger partial charge in [0.15, 0.2) is 0 Å². The molecule has 0 saturated heterocycles. The fourth-order valence-electron chi connectivity index (χ4n) is 2.67. The standard InChI is InChI=1S/C16H16ClN/c1-10-9-15(17)11(2)8-14(10)12-4-3-5-16-13(12)6-7-18-16/h3-5,8-9,18H,6-7H2,1-2H3. The summed E-state index contributed by atoms with van der Waals surface area (Å²) in [6.07, 6.45) is 1.10. The molecule has 0 amide bonds. The lowest BCUT2D eigenvalue weighted by Crippen LogP contribution is -1.91. The van der Waals surface area contributed by atoms with E-state index >= 15 is 0 Å². The van der Waals surface area contributed by atoms with E-state index in [4.69, 9.17) is 11.6 Å². The summed E-state index contributed by atoms with van der Waals surface area (Å²) in [6, 6.07) is 10.8. The highest BCUT2D eigenvalue weighted by Crippen LogP contribution is 2.36. The molecule has 0 radical (unpaired) electrons. The molecular formula is C16H16ClN. The SMILES string of the molecule is Cc1cc(-c2cccc3c2CCN3)c(C)cc1Cl. The highest BCUT2D eigenvalue weighted by molar-refractivity contribution is 6.31. The number of hydrogen-bond donors (Lipinski definition) is 1. The molecule has 92 valence electrons. The van der Waals surface area contributed by atoms with E-state index in [9.17, 15) is 0 Å². The van der Waals surface area contributed by atoms with Crippen LogP contribution in [0.2, 0.25) is 5.02 Å². The lowest BCUT2D eigenvalue weighted by molar-refractivity contribution is 1.11. The quantitative estimate of drug-likeness (QED) is 0.788. The van der Waals surface area contributed by atoms with Crippen LogP contribution >= 0.6 is 11.6 Å². The summed E-state index contributed by atoms with van der Waals surface area (Å²) in [6.45, 7) is 5.23. The largest absolute Gasteiger partial charge is 0.384 e. The van der Waals surface area contributed by atoms with Crippen LogP contribution in [0.5, 0.6) is 0 Å². The molecule has 1 aliphatic heterocycles. The maximum Gasteiger partial charge on any atom is 0.0438 e. The van der Waals surface area contributed by atoms with Crippen molar-refractivity contribution in [3.8, 4) is 11.1 Å². The fourth-order valence-corrected chi connectivity index (χ4v) is 2.89. The van der Waals surface area contributed by atoms with Crippen LogP contribution in [-0.2, 0) is 6.42 Å². The van der Waals surface area contributed by atoms with Gasteiger partial charge in [-0.1, -0.05) is 23.7 Å². The molecule has 0 aliphatic carbocycles. The number of halogens is 1. The Bertz CT molecular complexity index is 617. The summed E-state index contributed by atoms with van der Waals surface area (Å²) < 4.78 is 0. The number of fused-ring (bicyclic) bond motifs is 1. The van der Waals surface area contributed by atoms with Gasteiger partial charge in [0.25, 0.3) is 0 Å². The molecular weight excluding hydrogens is 242 g/mol. The van der Waals surface area contributed by atoms with Gasteiger partial charge in [-0.25, -0.2) is 0 Å². The molecule has 2 aromatic rings. The molecule has 1 nitrogen and oxygen atoms in total. The predicted octanol–water partition coefficient (Wildman–Crippen LogP) is 4.59. The lowest BCUT2D eigenvalue weighted by Gasteiger charge is -2.12. The molecule has 0 aromatic heterocycles. The summed E-state index contributed by atoms with van der Waals surface area (Å²) in [7, 11) is 0. The Balaban J connectivity index is 2.22. The van der Waals surface area contributed by atoms with Gasteiger partial charge in [-0.2, -0.15) is 0 Å². The van der Waals surface area contributed by atoms with Crippen LogP contribution in [0, 0.1) is 13.8 Å². The van der Waals surface area contributed by atoms with Gasteiger partial charge in [-0.15, -0.1) is 0 Å². The van der Waals surface area contributed by atoms with Gasteiger partial charge in [0.1, 0.15) is 0 Å². The van der Waals surface area contributed by atoms with E-state index in [-0.39, 0.29) is 0 Å². The molecule has 0 bridgehead atoms. The summed E-state index contributed by atoms with van der Waals surface area (Å²) in [4.78, 5) is 0. The zero-order valence-corrected chi connectivity index (χ0v) is 11.4. The highest BCUT2D eigenvalue weighted by Gasteiger charge is 2.16. The third-order valence-corrected chi connectivity index (χ3v) is 4.07. The molecule has 0 unspecified atom stereocenters. The average Bonchev–Trinajstić information content (AvgIpc) is 2.82. The molecule has 2 aromatic carbocycles. The highest BCUT2D eigenvalue weighted by atomic mass is 35.5. The van der Waals surface area contributed by atoms with Gasteiger partial charge in [0.05, 0.1) is 0 Å². The van der Waals surface area contributed by atoms with E-state index in [2.05, 4.69) is 49.5 Å². The summed E-state index contributed by atoms with van der Waals surface area (Å²) in [5, 5.41) is 4.28. The monoisotopic (exact) mass is 257 g/mol. The van der Waals surface area contributed by atoms with Crippen LogP contribution in [0.4, 0.5) is 5.69 Å². The van der Waals surface area contributed by atoms with Crippen molar-refractivity contribution in [3.05, 3.63) is 52.0 Å². The normalized spacial score (nSPS) is 13.3. The molecule has 0 atom stereocenters. The topological polar surface area (TPSA) is 12.0 Å². The molecule has 1 aliphatic rings. The van der Waals surface area contributed by atoms with Gasteiger partial charge in [-0.05, 0) is 66.3 Å². The number of anilines is 1. The van der Waals surface area contributed by atoms with Gasteiger partial charge in [0.2, 0.25) is 0 Å². The van der Waals surface area contributed by atoms with Crippen molar-refractivity contribution in [3.63, 3.8) is 0 Å². The number of benzene rings is 2. The molecule has 1 heterocycles. The van der Waals surface area contributed by atoms with Crippen molar-refractivity contribution >= 4 is 17.3 Å². The fraction of sp³-hybridized carbons (Fsp3) is 0.250. The number of nitrogens with one attached hydrogen (secondary N) is 1. The van der Waals surface area contributed by atoms with Crippen molar-refractivity contribution in [2.24, 2.45) is 0 Å². The molecule has 3 rings (SSSR count). The van der Waals surface area contributed by atoms with E-state index < -0.39 is 0 Å². The van der Waals surface area contributed by atoms with Crippen LogP contribution in [-0.4, -0.2) is 6.54 Å². The van der Waals surface area contributed by atoms with Gasteiger partial charge >= 0.3 is 0 Å². The van der Waals surface area contributed by atoms with Gasteiger partial charge in [-0.3, -0.25) is 0 Å². The third-order valence-electron chi connectivity index (χ3n) is 3.66. The van der Waals surface area contributed by atoms with Crippen LogP contribution in [0.15, 0.2) is 30.3 Å². The zero-order chi connectivity index (χ0) is 12.7. The second kappa shape index (κ2) is 4.33. The average molecular weight is 258 g/mol. The number of aryl methyl sites for hydroxylation is 2. The van der Waals surface area contributed by atoms with E-state index in [0.29, 0.717) is 0 Å². The first-order chi connectivity index (χ1) is 8.66. The van der Waals surface area contributed by atoms with Crippen molar-refractivity contribution in [2.45, 2.75) is 20.3 Å². The third kappa shape index (κ3) is 1.79. The Morgan fingerprint density at radius 2 is 1.89 bits per heavy atom. The van der Waals surface area contributed by atoms with E-state index in [1.165, 1.54) is 27.9 Å². The molecule has 1 N–H and O–H groups in total. The first-order valence-corrected chi connectivity index (χ1v) is 6.67.